The number of aliphatic hydroxyl groups is 2. The fraction of sp³-hybridized carbons (Fsp3) is 0.907. The highest BCUT2D eigenvalue weighted by Gasteiger charge is 2.52. The molecule has 4 fully saturated rings. The number of hydrogen-bond acceptors (Lipinski definition) is 4. The summed E-state index contributed by atoms with van der Waals surface area (Å²) in [5.74, 6) is 3.09. The number of alkyl halides is 3. The van der Waals surface area contributed by atoms with E-state index in [0.717, 1.165) is 64.3 Å². The number of halogens is 3. The van der Waals surface area contributed by atoms with Gasteiger partial charge in [-0.05, 0) is 162 Å². The third kappa shape index (κ3) is 8.93. The fourth-order valence-corrected chi connectivity index (χ4v) is 12.2. The summed E-state index contributed by atoms with van der Waals surface area (Å²) in [6.45, 7) is 8.13. The van der Waals surface area contributed by atoms with E-state index in [1.54, 1.807) is 11.1 Å². The van der Waals surface area contributed by atoms with E-state index in [1.807, 2.05) is 0 Å². The maximum absolute atomic E-state index is 14.4. The molecule has 0 spiro atoms. The van der Waals surface area contributed by atoms with Gasteiger partial charge in [0.2, 0.25) is 0 Å². The number of aliphatic hydroxyl groups excluding tert-OH is 2. The molecule has 0 aromatic rings. The summed E-state index contributed by atoms with van der Waals surface area (Å²) in [6, 6.07) is 0. The molecule has 1 aliphatic heterocycles. The normalized spacial score (nSPS) is 40.2. The molecule has 0 aromatic carbocycles. The van der Waals surface area contributed by atoms with Crippen molar-refractivity contribution in [1.29, 1.82) is 5.41 Å². The highest BCUT2D eigenvalue weighted by molar-refractivity contribution is 6.05. The predicted octanol–water partition coefficient (Wildman–Crippen LogP) is 11.0. The first-order valence-electron chi connectivity index (χ1n) is 21.1. The van der Waals surface area contributed by atoms with Gasteiger partial charge in [-0.15, -0.1) is 0 Å². The molecule has 0 radical (unpaired) electrons. The molecule has 0 aromatic heterocycles. The maximum Gasteiger partial charge on any atom is 0.392 e. The van der Waals surface area contributed by atoms with Crippen LogP contribution in [0, 0.1) is 76.4 Å². The molecular weight excluding hydrogens is 633 g/mol. The van der Waals surface area contributed by atoms with Gasteiger partial charge in [0.25, 0.3) is 0 Å². The first-order chi connectivity index (χ1) is 24.0. The average molecular weight is 703 g/mol. The molecule has 0 amide bonds. The van der Waals surface area contributed by atoms with Crippen LogP contribution in [0.5, 0.6) is 0 Å². The van der Waals surface area contributed by atoms with Crippen molar-refractivity contribution in [3.05, 3.63) is 11.1 Å². The van der Waals surface area contributed by atoms with E-state index >= 15 is 0 Å². The van der Waals surface area contributed by atoms with Crippen molar-refractivity contribution in [1.82, 2.24) is 0 Å². The first-order valence-corrected chi connectivity index (χ1v) is 21.1. The summed E-state index contributed by atoms with van der Waals surface area (Å²) in [4.78, 5) is 5.07. The minimum atomic E-state index is -4.22. The van der Waals surface area contributed by atoms with Crippen molar-refractivity contribution in [3.8, 4) is 0 Å². The van der Waals surface area contributed by atoms with Gasteiger partial charge >= 0.3 is 6.18 Å². The topological polar surface area (TPSA) is 76.7 Å². The number of aliphatic imine (C=N–C) groups is 1. The van der Waals surface area contributed by atoms with Crippen molar-refractivity contribution in [2.45, 2.75) is 161 Å². The number of nitrogens with zero attached hydrogens (tertiary/aromatic N) is 1. The van der Waals surface area contributed by atoms with Crippen LogP contribution < -0.4 is 0 Å². The van der Waals surface area contributed by atoms with Crippen LogP contribution in [0.1, 0.15) is 149 Å². The lowest BCUT2D eigenvalue weighted by Gasteiger charge is -2.40. The summed E-state index contributed by atoms with van der Waals surface area (Å²) in [5.41, 5.74) is 4.98. The van der Waals surface area contributed by atoms with Crippen LogP contribution in [-0.2, 0) is 0 Å². The van der Waals surface area contributed by atoms with Crippen molar-refractivity contribution in [2.75, 3.05) is 13.2 Å². The SMILES string of the molecule is CC1=NCC2CCCCCC2C2=C1C2C1CC(C(O)CCC(=N)C2CCC(CCC3CCC(CCCO)C(C)C3)C(C(F)(F)F)C2)CCC1C. The Kier molecular flexibility index (Phi) is 13.0. The Labute approximate surface area is 301 Å². The van der Waals surface area contributed by atoms with Crippen LogP contribution in [0.2, 0.25) is 0 Å². The van der Waals surface area contributed by atoms with E-state index in [1.165, 1.54) is 37.8 Å². The number of fused-ring (bicyclic) bond motifs is 2. The Morgan fingerprint density at radius 2 is 1.66 bits per heavy atom. The summed E-state index contributed by atoms with van der Waals surface area (Å²) in [7, 11) is 0. The molecule has 6 rings (SSSR count). The van der Waals surface area contributed by atoms with E-state index in [4.69, 9.17) is 10.4 Å². The number of nitrogens with one attached hydrogen (secondary N) is 1. The Balaban J connectivity index is 0.981. The maximum atomic E-state index is 14.4. The van der Waals surface area contributed by atoms with Crippen LogP contribution in [0.25, 0.3) is 0 Å². The van der Waals surface area contributed by atoms with Crippen molar-refractivity contribution in [3.63, 3.8) is 0 Å². The summed E-state index contributed by atoms with van der Waals surface area (Å²) in [6.07, 6.45) is 14.1. The third-order valence-corrected chi connectivity index (χ3v) is 15.4. The first kappa shape index (κ1) is 38.5. The zero-order valence-electron chi connectivity index (χ0n) is 31.5. The Bertz CT molecular complexity index is 1210. The van der Waals surface area contributed by atoms with Gasteiger partial charge in [-0.3, -0.25) is 4.99 Å². The quantitative estimate of drug-likeness (QED) is 0.177. The monoisotopic (exact) mass is 703 g/mol. The Morgan fingerprint density at radius 1 is 0.880 bits per heavy atom. The smallest absolute Gasteiger partial charge is 0.392 e. The Hall–Kier alpha value is -1.21. The molecule has 284 valence electrons. The molecule has 0 bridgehead atoms. The van der Waals surface area contributed by atoms with Crippen LogP contribution >= 0.6 is 0 Å². The third-order valence-electron chi connectivity index (χ3n) is 15.4. The largest absolute Gasteiger partial charge is 0.396 e. The summed E-state index contributed by atoms with van der Waals surface area (Å²) >= 11 is 0. The molecule has 4 saturated carbocycles. The van der Waals surface area contributed by atoms with Gasteiger partial charge in [0.1, 0.15) is 0 Å². The van der Waals surface area contributed by atoms with E-state index in [9.17, 15) is 23.4 Å². The zero-order valence-corrected chi connectivity index (χ0v) is 31.5. The second kappa shape index (κ2) is 16.9. The van der Waals surface area contributed by atoms with Gasteiger partial charge in [-0.1, -0.05) is 57.9 Å². The predicted molar refractivity (Wildman–Crippen MR) is 197 cm³/mol. The van der Waals surface area contributed by atoms with Crippen molar-refractivity contribution in [2.24, 2.45) is 76.0 Å². The minimum absolute atomic E-state index is 0.0540. The van der Waals surface area contributed by atoms with E-state index in [-0.39, 0.29) is 30.8 Å². The molecule has 1 heterocycles. The Morgan fingerprint density at radius 3 is 2.42 bits per heavy atom. The molecule has 6 aliphatic rings. The van der Waals surface area contributed by atoms with Crippen molar-refractivity contribution < 1.29 is 23.4 Å². The standard InChI is InChI=1S/C43H69F3N2O2/c1-26-11-14-33(23-36(26)42-40-28(3)48-25-34-8-5-4-6-10-35(34)41(40)42)39(50)20-19-38(47)32-18-17-31(37(24-32)43(44,45)46)16-13-29-12-15-30(9-7-21-49)27(2)22-29/h26-27,29-37,39,42,47,49-50H,4-25H2,1-3H3. The number of hydrogen-bond donors (Lipinski definition) is 3. The number of allylic oxidation sites excluding steroid dienone is 2. The van der Waals surface area contributed by atoms with Gasteiger partial charge in [0.15, 0.2) is 0 Å². The van der Waals surface area contributed by atoms with Gasteiger partial charge in [0, 0.05) is 30.5 Å². The van der Waals surface area contributed by atoms with Crippen LogP contribution in [0.4, 0.5) is 13.2 Å². The molecule has 4 nitrogen and oxygen atoms in total. The number of rotatable bonds is 12. The van der Waals surface area contributed by atoms with Gasteiger partial charge < -0.3 is 15.6 Å². The lowest BCUT2D eigenvalue weighted by atomic mass is 9.67. The molecule has 0 saturated heterocycles. The second-order valence-corrected chi connectivity index (χ2v) is 18.4. The van der Waals surface area contributed by atoms with Crippen LogP contribution in [-0.4, -0.2) is 47.1 Å². The van der Waals surface area contributed by atoms with Crippen LogP contribution in [0.3, 0.4) is 0 Å². The molecule has 5 aliphatic carbocycles. The van der Waals surface area contributed by atoms with Gasteiger partial charge in [-0.2, -0.15) is 13.2 Å². The summed E-state index contributed by atoms with van der Waals surface area (Å²) in [5, 5.41) is 29.6. The van der Waals surface area contributed by atoms with Gasteiger partial charge in [-0.25, -0.2) is 0 Å². The van der Waals surface area contributed by atoms with E-state index in [0.29, 0.717) is 85.2 Å². The molecule has 13 atom stereocenters. The zero-order chi connectivity index (χ0) is 35.6. The molecule has 3 N–H and O–H groups in total. The summed E-state index contributed by atoms with van der Waals surface area (Å²) < 4.78 is 43.3. The van der Waals surface area contributed by atoms with Crippen LogP contribution in [0.15, 0.2) is 16.1 Å². The second-order valence-electron chi connectivity index (χ2n) is 18.4. The van der Waals surface area contributed by atoms with E-state index in [2.05, 4.69) is 20.8 Å². The molecule has 50 heavy (non-hydrogen) atoms. The minimum Gasteiger partial charge on any atom is -0.396 e. The average Bonchev–Trinajstić information content (AvgIpc) is 3.88. The highest BCUT2D eigenvalue weighted by atomic mass is 19.4. The molecule has 13 unspecified atom stereocenters. The lowest BCUT2D eigenvalue weighted by molar-refractivity contribution is -0.199. The molecular formula is C43H69F3N2O2. The lowest BCUT2D eigenvalue weighted by Crippen LogP contribution is -2.38. The highest BCUT2D eigenvalue weighted by Crippen LogP contribution is 2.59. The van der Waals surface area contributed by atoms with Gasteiger partial charge in [0.05, 0.1) is 12.0 Å². The molecule has 7 heteroatoms. The fourth-order valence-electron chi connectivity index (χ4n) is 12.2. The van der Waals surface area contributed by atoms with E-state index < -0.39 is 18.2 Å². The van der Waals surface area contributed by atoms with Crippen molar-refractivity contribution >= 4 is 11.4 Å².